The van der Waals surface area contributed by atoms with Crippen LogP contribution >= 0.6 is 0 Å². The smallest absolute Gasteiger partial charge is 0.252 e. The Morgan fingerprint density at radius 1 is 1.26 bits per heavy atom. The molecular weight excluding hydrogens is 399 g/mol. The summed E-state index contributed by atoms with van der Waals surface area (Å²) in [5, 5.41) is 3.97. The number of benzene rings is 1. The second-order valence-electron chi connectivity index (χ2n) is 7.80. The van der Waals surface area contributed by atoms with E-state index in [0.29, 0.717) is 18.0 Å². The number of anilines is 3. The third-order valence-electron chi connectivity index (χ3n) is 5.48. The molecule has 9 heteroatoms. The Kier molecular flexibility index (Phi) is 5.41. The molecule has 1 saturated carbocycles. The van der Waals surface area contributed by atoms with E-state index in [1.54, 1.807) is 25.4 Å². The maximum Gasteiger partial charge on any atom is 0.252 e. The van der Waals surface area contributed by atoms with E-state index in [1.165, 1.54) is 4.90 Å². The van der Waals surface area contributed by atoms with Gasteiger partial charge in [0.2, 0.25) is 5.91 Å². The fourth-order valence-electron chi connectivity index (χ4n) is 3.57. The normalized spacial score (nSPS) is 14.3. The molecule has 2 aromatic heterocycles. The van der Waals surface area contributed by atoms with Crippen LogP contribution in [0.1, 0.15) is 29.6 Å². The van der Waals surface area contributed by atoms with E-state index in [0.717, 1.165) is 29.8 Å². The molecule has 0 spiro atoms. The number of amides is 2. The van der Waals surface area contributed by atoms with Crippen LogP contribution in [0.2, 0.25) is 0 Å². The zero-order chi connectivity index (χ0) is 22.1. The van der Waals surface area contributed by atoms with Gasteiger partial charge in [0.15, 0.2) is 11.6 Å². The molecule has 1 aliphatic carbocycles. The summed E-state index contributed by atoms with van der Waals surface area (Å²) in [4.78, 5) is 34.0. The van der Waals surface area contributed by atoms with E-state index in [1.807, 2.05) is 18.2 Å². The minimum atomic E-state index is -0.827. The van der Waals surface area contributed by atoms with Gasteiger partial charge in [-0.05, 0) is 36.6 Å². The summed E-state index contributed by atoms with van der Waals surface area (Å²) < 4.78 is 14.9. The maximum absolute atomic E-state index is 14.9. The lowest BCUT2D eigenvalue weighted by Crippen LogP contribution is -2.44. The lowest BCUT2D eigenvalue weighted by atomic mass is 10.1. The Morgan fingerprint density at radius 2 is 2.03 bits per heavy atom. The van der Waals surface area contributed by atoms with Crippen molar-refractivity contribution in [2.24, 2.45) is 17.4 Å². The molecule has 5 N–H and O–H groups in total. The first-order chi connectivity index (χ1) is 14.8. The van der Waals surface area contributed by atoms with E-state index in [4.69, 9.17) is 11.5 Å². The van der Waals surface area contributed by atoms with E-state index in [9.17, 15) is 14.0 Å². The van der Waals surface area contributed by atoms with E-state index >= 15 is 0 Å². The van der Waals surface area contributed by atoms with Crippen molar-refractivity contribution >= 4 is 40.0 Å². The van der Waals surface area contributed by atoms with Crippen LogP contribution in [0.15, 0.2) is 42.6 Å². The molecule has 31 heavy (non-hydrogen) atoms. The van der Waals surface area contributed by atoms with Crippen LogP contribution in [-0.4, -0.2) is 34.9 Å². The number of carbonyl (C=O) groups is 2. The predicted octanol–water partition coefficient (Wildman–Crippen LogP) is 2.70. The average molecular weight is 422 g/mol. The Balaban J connectivity index is 1.71. The fraction of sp³-hybridized carbons (Fsp3) is 0.273. The van der Waals surface area contributed by atoms with Gasteiger partial charge >= 0.3 is 0 Å². The maximum atomic E-state index is 14.9. The molecule has 160 valence electrons. The van der Waals surface area contributed by atoms with Gasteiger partial charge in [-0.1, -0.05) is 25.0 Å². The van der Waals surface area contributed by atoms with Gasteiger partial charge in [-0.15, -0.1) is 0 Å². The summed E-state index contributed by atoms with van der Waals surface area (Å²) in [5.74, 6) is -1.74. The quantitative estimate of drug-likeness (QED) is 0.512. The molecule has 2 amide bonds. The van der Waals surface area contributed by atoms with Crippen molar-refractivity contribution in [3.8, 4) is 0 Å². The highest BCUT2D eigenvalue weighted by molar-refractivity contribution is 5.99. The number of pyridine rings is 2. The number of fused-ring (bicyclic) bond motifs is 1. The van der Waals surface area contributed by atoms with Crippen molar-refractivity contribution in [2.45, 2.75) is 25.3 Å². The number of primary amides is 2. The summed E-state index contributed by atoms with van der Waals surface area (Å²) in [6, 6.07) is 9.53. The molecule has 4 rings (SSSR count). The molecule has 0 saturated heterocycles. The molecule has 1 aliphatic rings. The van der Waals surface area contributed by atoms with E-state index < -0.39 is 23.7 Å². The van der Waals surface area contributed by atoms with Gasteiger partial charge in [-0.25, -0.2) is 9.37 Å². The molecule has 3 aromatic rings. The highest BCUT2D eigenvalue weighted by Gasteiger charge is 2.32. The van der Waals surface area contributed by atoms with E-state index in [-0.39, 0.29) is 17.2 Å². The molecule has 8 nitrogen and oxygen atoms in total. The summed E-state index contributed by atoms with van der Waals surface area (Å²) in [7, 11) is 1.57. The number of hydrogen-bond donors (Lipinski definition) is 3. The second-order valence-corrected chi connectivity index (χ2v) is 7.80. The zero-order valence-corrected chi connectivity index (χ0v) is 17.0. The third kappa shape index (κ3) is 4.40. The van der Waals surface area contributed by atoms with Gasteiger partial charge in [-0.3, -0.25) is 14.6 Å². The number of nitrogens with two attached hydrogens (primary N) is 2. The molecule has 0 bridgehead atoms. The Hall–Kier alpha value is -3.75. The number of hydrogen-bond acceptors (Lipinski definition) is 6. The Bertz CT molecular complexity index is 1160. The SMILES string of the molecule is CN(c1nc(Nc2ccc3cccnc3c2)c(C(N)=O)cc1F)[C@H](CC1CC1)C(N)=O. The zero-order valence-electron chi connectivity index (χ0n) is 17.0. The Morgan fingerprint density at radius 3 is 2.71 bits per heavy atom. The first-order valence-electron chi connectivity index (χ1n) is 9.98. The summed E-state index contributed by atoms with van der Waals surface area (Å²) in [6.07, 6.45) is 4.26. The van der Waals surface area contributed by atoms with Gasteiger partial charge in [0.1, 0.15) is 11.9 Å². The molecule has 2 heterocycles. The first-order valence-corrected chi connectivity index (χ1v) is 9.98. The number of carbonyl (C=O) groups excluding carboxylic acids is 2. The standard InChI is InChI=1S/C22H23FN6O2/c1-29(18(20(25)31)9-12-4-5-12)22-16(23)11-15(19(24)30)21(28-22)27-14-7-6-13-3-2-8-26-17(13)10-14/h2-3,6-8,10-12,18H,4-5,9H2,1H3,(H2,24,30)(H2,25,31)(H,27,28)/t18-/m1/s1. The summed E-state index contributed by atoms with van der Waals surface area (Å²) in [5.41, 5.74) is 12.3. The number of rotatable bonds is 8. The van der Waals surface area contributed by atoms with Crippen LogP contribution in [0.25, 0.3) is 10.9 Å². The van der Waals surface area contributed by atoms with Crippen molar-refractivity contribution in [3.05, 3.63) is 54.0 Å². The largest absolute Gasteiger partial charge is 0.368 e. The number of aromatic nitrogens is 2. The highest BCUT2D eigenvalue weighted by Crippen LogP contribution is 2.36. The molecule has 1 aromatic carbocycles. The van der Waals surface area contributed by atoms with Crippen molar-refractivity contribution in [2.75, 3.05) is 17.3 Å². The summed E-state index contributed by atoms with van der Waals surface area (Å²) >= 11 is 0. The van der Waals surface area contributed by atoms with Gasteiger partial charge < -0.3 is 21.7 Å². The highest BCUT2D eigenvalue weighted by atomic mass is 19.1. The Labute approximate surface area is 178 Å². The molecule has 0 aliphatic heterocycles. The van der Waals surface area contributed by atoms with Crippen LogP contribution in [0.5, 0.6) is 0 Å². The van der Waals surface area contributed by atoms with Gasteiger partial charge in [0, 0.05) is 24.3 Å². The lowest BCUT2D eigenvalue weighted by Gasteiger charge is -2.27. The number of likely N-dealkylation sites (N-methyl/N-ethyl adjacent to an activating group) is 1. The average Bonchev–Trinajstić information content (AvgIpc) is 3.56. The molecular formula is C22H23FN6O2. The van der Waals surface area contributed by atoms with Crippen LogP contribution in [0, 0.1) is 11.7 Å². The van der Waals surface area contributed by atoms with Crippen LogP contribution < -0.4 is 21.7 Å². The van der Waals surface area contributed by atoms with E-state index in [2.05, 4.69) is 15.3 Å². The minimum absolute atomic E-state index is 0.0840. The van der Waals surface area contributed by atoms with Crippen molar-refractivity contribution in [1.82, 2.24) is 9.97 Å². The minimum Gasteiger partial charge on any atom is -0.368 e. The number of nitrogens with one attached hydrogen (secondary N) is 1. The monoisotopic (exact) mass is 422 g/mol. The van der Waals surface area contributed by atoms with Gasteiger partial charge in [0.25, 0.3) is 5.91 Å². The molecule has 0 radical (unpaired) electrons. The molecule has 1 fully saturated rings. The van der Waals surface area contributed by atoms with Crippen molar-refractivity contribution in [3.63, 3.8) is 0 Å². The predicted molar refractivity (Wildman–Crippen MR) is 116 cm³/mol. The third-order valence-corrected chi connectivity index (χ3v) is 5.48. The molecule has 1 atom stereocenters. The van der Waals surface area contributed by atoms with Gasteiger partial charge in [-0.2, -0.15) is 0 Å². The van der Waals surface area contributed by atoms with Crippen molar-refractivity contribution in [1.29, 1.82) is 0 Å². The summed E-state index contributed by atoms with van der Waals surface area (Å²) in [6.45, 7) is 0. The van der Waals surface area contributed by atoms with Crippen molar-refractivity contribution < 1.29 is 14.0 Å². The topological polar surface area (TPSA) is 127 Å². The van der Waals surface area contributed by atoms with Crippen LogP contribution in [-0.2, 0) is 4.79 Å². The van der Waals surface area contributed by atoms with Gasteiger partial charge in [0.05, 0.1) is 11.1 Å². The second kappa shape index (κ2) is 8.17. The lowest BCUT2D eigenvalue weighted by molar-refractivity contribution is -0.119. The fourth-order valence-corrected chi connectivity index (χ4v) is 3.57. The van der Waals surface area contributed by atoms with Crippen LogP contribution in [0.4, 0.5) is 21.7 Å². The van der Waals surface area contributed by atoms with Crippen LogP contribution in [0.3, 0.4) is 0 Å². The number of halogens is 1. The number of nitrogens with zero attached hydrogens (tertiary/aromatic N) is 3. The first kappa shape index (κ1) is 20.5. The molecule has 0 unspecified atom stereocenters.